The van der Waals surface area contributed by atoms with Crippen molar-refractivity contribution >= 4 is 11.8 Å². The van der Waals surface area contributed by atoms with Crippen LogP contribution in [0.4, 0.5) is 0 Å². The summed E-state index contributed by atoms with van der Waals surface area (Å²) in [5.41, 5.74) is 2.12. The van der Waals surface area contributed by atoms with Crippen LogP contribution in [-0.4, -0.2) is 43.0 Å². The highest BCUT2D eigenvalue weighted by Gasteiger charge is 2.22. The fourth-order valence-corrected chi connectivity index (χ4v) is 1.88. The quantitative estimate of drug-likeness (QED) is 0.898. The summed E-state index contributed by atoms with van der Waals surface area (Å²) in [6.07, 6.45) is -0.664. The zero-order valence-corrected chi connectivity index (χ0v) is 13.6. The number of rotatable bonds is 5. The number of carbonyl (C=O) groups excluding carboxylic acids is 2. The van der Waals surface area contributed by atoms with Gasteiger partial charge in [0.25, 0.3) is 5.91 Å². The molecule has 0 spiro atoms. The molecule has 0 aliphatic rings. The van der Waals surface area contributed by atoms with Gasteiger partial charge in [0, 0.05) is 14.1 Å². The summed E-state index contributed by atoms with van der Waals surface area (Å²) in [6, 6.07) is 5.14. The molecule has 0 saturated carbocycles. The predicted octanol–water partition coefficient (Wildman–Crippen LogP) is 1.66. The Hall–Kier alpha value is -2.04. The van der Waals surface area contributed by atoms with Crippen LogP contribution in [0, 0.1) is 13.8 Å². The van der Waals surface area contributed by atoms with Crippen LogP contribution in [0.25, 0.3) is 0 Å². The standard InChI is InChI=1S/C16H24N2O3/c1-10-8-7-9-14(11(10)2)21-13(4)15(19)17-12(3)16(20)18(5)6/h7-9,12-13H,1-6H3,(H,17,19)/t12-,13-/m0/s1. The fourth-order valence-electron chi connectivity index (χ4n) is 1.88. The first-order chi connectivity index (χ1) is 9.73. The minimum absolute atomic E-state index is 0.151. The van der Waals surface area contributed by atoms with Crippen LogP contribution in [0.15, 0.2) is 18.2 Å². The second kappa shape index (κ2) is 7.11. The van der Waals surface area contributed by atoms with Gasteiger partial charge >= 0.3 is 0 Å². The maximum absolute atomic E-state index is 12.1. The normalized spacial score (nSPS) is 13.2. The van der Waals surface area contributed by atoms with E-state index in [2.05, 4.69) is 5.32 Å². The molecule has 21 heavy (non-hydrogen) atoms. The summed E-state index contributed by atoms with van der Waals surface area (Å²) in [4.78, 5) is 25.2. The highest BCUT2D eigenvalue weighted by Crippen LogP contribution is 2.21. The lowest BCUT2D eigenvalue weighted by Gasteiger charge is -2.21. The molecule has 2 atom stereocenters. The maximum Gasteiger partial charge on any atom is 0.261 e. The topological polar surface area (TPSA) is 58.6 Å². The molecule has 0 bridgehead atoms. The van der Waals surface area contributed by atoms with Crippen LogP contribution in [0.1, 0.15) is 25.0 Å². The molecule has 0 saturated heterocycles. The molecule has 5 heteroatoms. The molecule has 0 radical (unpaired) electrons. The highest BCUT2D eigenvalue weighted by atomic mass is 16.5. The number of likely N-dealkylation sites (N-methyl/N-ethyl adjacent to an activating group) is 1. The monoisotopic (exact) mass is 292 g/mol. The minimum atomic E-state index is -0.664. The first-order valence-electron chi connectivity index (χ1n) is 6.98. The van der Waals surface area contributed by atoms with Gasteiger partial charge < -0.3 is 15.0 Å². The number of hydrogen-bond acceptors (Lipinski definition) is 3. The molecule has 0 aliphatic carbocycles. The molecule has 2 amide bonds. The van der Waals surface area contributed by atoms with Crippen molar-refractivity contribution in [1.82, 2.24) is 10.2 Å². The van der Waals surface area contributed by atoms with Crippen molar-refractivity contribution in [2.75, 3.05) is 14.1 Å². The third kappa shape index (κ3) is 4.48. The van der Waals surface area contributed by atoms with Crippen LogP contribution >= 0.6 is 0 Å². The third-order valence-electron chi connectivity index (χ3n) is 3.40. The number of ether oxygens (including phenoxy) is 1. The Bertz CT molecular complexity index is 526. The van der Waals surface area contributed by atoms with Gasteiger partial charge in [0.05, 0.1) is 0 Å². The van der Waals surface area contributed by atoms with Gasteiger partial charge in [0.2, 0.25) is 5.91 Å². The van der Waals surface area contributed by atoms with Gasteiger partial charge in [-0.05, 0) is 44.9 Å². The molecule has 116 valence electrons. The van der Waals surface area contributed by atoms with Crippen molar-refractivity contribution in [3.05, 3.63) is 29.3 Å². The average Bonchev–Trinajstić information content (AvgIpc) is 2.42. The van der Waals surface area contributed by atoms with E-state index in [1.54, 1.807) is 27.9 Å². The zero-order valence-electron chi connectivity index (χ0n) is 13.6. The van der Waals surface area contributed by atoms with Crippen molar-refractivity contribution in [1.29, 1.82) is 0 Å². The first-order valence-corrected chi connectivity index (χ1v) is 6.98. The fraction of sp³-hybridized carbons (Fsp3) is 0.500. The van der Waals surface area contributed by atoms with Crippen LogP contribution < -0.4 is 10.1 Å². The number of nitrogens with zero attached hydrogens (tertiary/aromatic N) is 1. The predicted molar refractivity (Wildman–Crippen MR) is 82.3 cm³/mol. The lowest BCUT2D eigenvalue weighted by Crippen LogP contribution is -2.48. The zero-order chi connectivity index (χ0) is 16.2. The van der Waals surface area contributed by atoms with Crippen molar-refractivity contribution < 1.29 is 14.3 Å². The lowest BCUT2D eigenvalue weighted by atomic mass is 10.1. The molecule has 1 aromatic rings. The largest absolute Gasteiger partial charge is 0.481 e. The summed E-state index contributed by atoms with van der Waals surface area (Å²) < 4.78 is 5.69. The summed E-state index contributed by atoms with van der Waals surface area (Å²) in [7, 11) is 3.31. The second-order valence-corrected chi connectivity index (χ2v) is 5.42. The van der Waals surface area contributed by atoms with E-state index < -0.39 is 12.1 Å². The van der Waals surface area contributed by atoms with Crippen LogP contribution in [0.5, 0.6) is 5.75 Å². The van der Waals surface area contributed by atoms with Crippen molar-refractivity contribution in [3.63, 3.8) is 0 Å². The van der Waals surface area contributed by atoms with E-state index in [-0.39, 0.29) is 11.8 Å². The van der Waals surface area contributed by atoms with E-state index in [9.17, 15) is 9.59 Å². The Morgan fingerprint density at radius 3 is 2.38 bits per heavy atom. The molecule has 1 aromatic carbocycles. The molecular formula is C16H24N2O3. The minimum Gasteiger partial charge on any atom is -0.481 e. The number of hydrogen-bond donors (Lipinski definition) is 1. The molecule has 0 heterocycles. The number of nitrogens with one attached hydrogen (secondary N) is 1. The molecule has 1 N–H and O–H groups in total. The van der Waals surface area contributed by atoms with Crippen LogP contribution in [0.3, 0.4) is 0 Å². The summed E-state index contributed by atoms with van der Waals surface area (Å²) in [6.45, 7) is 7.27. The van der Waals surface area contributed by atoms with E-state index in [1.165, 1.54) is 4.90 Å². The van der Waals surface area contributed by atoms with Crippen molar-refractivity contribution in [3.8, 4) is 5.75 Å². The average molecular weight is 292 g/mol. The Morgan fingerprint density at radius 1 is 1.19 bits per heavy atom. The van der Waals surface area contributed by atoms with Gasteiger partial charge in [-0.25, -0.2) is 0 Å². The molecule has 1 rings (SSSR count). The highest BCUT2D eigenvalue weighted by molar-refractivity contribution is 5.88. The Balaban J connectivity index is 2.67. The van der Waals surface area contributed by atoms with E-state index >= 15 is 0 Å². The Morgan fingerprint density at radius 2 is 1.81 bits per heavy atom. The van der Waals surface area contributed by atoms with Gasteiger partial charge in [0.1, 0.15) is 11.8 Å². The number of benzene rings is 1. The smallest absolute Gasteiger partial charge is 0.261 e. The maximum atomic E-state index is 12.1. The Kier molecular flexibility index (Phi) is 5.76. The van der Waals surface area contributed by atoms with Gasteiger partial charge in [0.15, 0.2) is 6.10 Å². The third-order valence-corrected chi connectivity index (χ3v) is 3.40. The Labute approximate surface area is 126 Å². The SMILES string of the molecule is Cc1cccc(O[C@@H](C)C(=O)N[C@@H](C)C(=O)N(C)C)c1C. The molecular weight excluding hydrogens is 268 g/mol. The van der Waals surface area contributed by atoms with Crippen LogP contribution in [-0.2, 0) is 9.59 Å². The van der Waals surface area contributed by atoms with E-state index in [1.807, 2.05) is 32.0 Å². The van der Waals surface area contributed by atoms with Crippen LogP contribution in [0.2, 0.25) is 0 Å². The molecule has 0 fully saturated rings. The second-order valence-electron chi connectivity index (χ2n) is 5.42. The van der Waals surface area contributed by atoms with Gasteiger partial charge in [-0.1, -0.05) is 12.1 Å². The first kappa shape index (κ1) is 17.0. The lowest BCUT2D eigenvalue weighted by molar-refractivity contribution is -0.136. The van der Waals surface area contributed by atoms with Gasteiger partial charge in [-0.3, -0.25) is 9.59 Å². The van der Waals surface area contributed by atoms with E-state index in [0.717, 1.165) is 11.1 Å². The summed E-state index contributed by atoms with van der Waals surface area (Å²) in [5.74, 6) is 0.227. The molecule has 0 aromatic heterocycles. The molecule has 0 aliphatic heterocycles. The molecule has 0 unspecified atom stereocenters. The summed E-state index contributed by atoms with van der Waals surface area (Å²) >= 11 is 0. The number of aryl methyl sites for hydroxylation is 1. The van der Waals surface area contributed by atoms with E-state index in [0.29, 0.717) is 5.75 Å². The van der Waals surface area contributed by atoms with Gasteiger partial charge in [-0.2, -0.15) is 0 Å². The number of carbonyl (C=O) groups is 2. The van der Waals surface area contributed by atoms with E-state index in [4.69, 9.17) is 4.74 Å². The van der Waals surface area contributed by atoms with Crippen molar-refractivity contribution in [2.24, 2.45) is 0 Å². The van der Waals surface area contributed by atoms with Crippen molar-refractivity contribution in [2.45, 2.75) is 39.8 Å². The molecule has 5 nitrogen and oxygen atoms in total. The summed E-state index contributed by atoms with van der Waals surface area (Å²) in [5, 5.41) is 2.66. The number of amides is 2. The van der Waals surface area contributed by atoms with Gasteiger partial charge in [-0.15, -0.1) is 0 Å².